The van der Waals surface area contributed by atoms with Crippen LogP contribution in [-0.2, 0) is 4.79 Å². The lowest BCUT2D eigenvalue weighted by atomic mass is 9.31. The summed E-state index contributed by atoms with van der Waals surface area (Å²) in [4.78, 5) is 12.8. The van der Waals surface area contributed by atoms with Crippen LogP contribution in [0.25, 0.3) is 0 Å². The van der Waals surface area contributed by atoms with Gasteiger partial charge in [-0.15, -0.1) is 0 Å². The van der Waals surface area contributed by atoms with E-state index in [0.29, 0.717) is 45.3 Å². The van der Waals surface area contributed by atoms with Crippen molar-refractivity contribution in [3.63, 3.8) is 0 Å². The predicted octanol–water partition coefficient (Wildman–Crippen LogP) is 8.20. The molecule has 0 aliphatic heterocycles. The fraction of sp³-hybridized carbons (Fsp3) is 0.967. The standard InChI is InChI=1S/C30H50O2/c1-19-11-16-30(25(31)32)18-17-28(6)21(24(30)20(19)2)9-10-23-27(5)14-8-13-26(3,4)22(27)12-15-29(23,28)7/h19-24H,8-18H2,1-7H3,(H,31,32)/t19-,20+,21-,22+,23-,24+,27+,28-,29-,30+/m1/s1. The lowest BCUT2D eigenvalue weighted by Gasteiger charge is -2.73. The monoisotopic (exact) mass is 442 g/mol. The Hall–Kier alpha value is -0.530. The number of aliphatic carboxylic acids is 1. The summed E-state index contributed by atoms with van der Waals surface area (Å²) in [6, 6.07) is 0. The van der Waals surface area contributed by atoms with Gasteiger partial charge in [-0.1, -0.05) is 54.9 Å². The van der Waals surface area contributed by atoms with E-state index in [1.165, 1.54) is 44.9 Å². The third-order valence-corrected chi connectivity index (χ3v) is 13.8. The van der Waals surface area contributed by atoms with Crippen molar-refractivity contribution in [3.8, 4) is 0 Å². The highest BCUT2D eigenvalue weighted by Gasteiger charge is 2.70. The molecule has 5 rings (SSSR count). The van der Waals surface area contributed by atoms with E-state index in [1.807, 2.05) is 0 Å². The lowest BCUT2D eigenvalue weighted by molar-refractivity contribution is -0.250. The highest BCUT2D eigenvalue weighted by Crippen LogP contribution is 2.77. The Kier molecular flexibility index (Phi) is 5.08. The first kappa shape index (κ1) is 23.2. The molecule has 0 saturated heterocycles. The Morgan fingerprint density at radius 1 is 0.750 bits per heavy atom. The number of hydrogen-bond donors (Lipinski definition) is 1. The molecular weight excluding hydrogens is 392 g/mol. The van der Waals surface area contributed by atoms with Crippen LogP contribution in [0.3, 0.4) is 0 Å². The van der Waals surface area contributed by atoms with Crippen LogP contribution in [0.15, 0.2) is 0 Å². The van der Waals surface area contributed by atoms with Crippen LogP contribution in [0.4, 0.5) is 0 Å². The van der Waals surface area contributed by atoms with Crippen molar-refractivity contribution in [3.05, 3.63) is 0 Å². The van der Waals surface area contributed by atoms with Crippen LogP contribution in [0.1, 0.15) is 119 Å². The minimum Gasteiger partial charge on any atom is -0.481 e. The first-order valence-corrected chi connectivity index (χ1v) is 14.1. The van der Waals surface area contributed by atoms with Crippen molar-refractivity contribution in [2.45, 2.75) is 119 Å². The van der Waals surface area contributed by atoms with Gasteiger partial charge in [0.1, 0.15) is 0 Å². The fourth-order valence-electron chi connectivity index (χ4n) is 11.8. The molecule has 182 valence electrons. The lowest BCUT2D eigenvalue weighted by Crippen LogP contribution is -2.67. The molecule has 0 amide bonds. The highest BCUT2D eigenvalue weighted by atomic mass is 16.4. The van der Waals surface area contributed by atoms with E-state index >= 15 is 0 Å². The molecule has 5 fully saturated rings. The summed E-state index contributed by atoms with van der Waals surface area (Å²) in [5, 5.41) is 10.6. The first-order valence-electron chi connectivity index (χ1n) is 14.1. The van der Waals surface area contributed by atoms with E-state index in [9.17, 15) is 9.90 Å². The summed E-state index contributed by atoms with van der Waals surface area (Å²) in [5.74, 6) is 3.34. The Morgan fingerprint density at radius 2 is 1.47 bits per heavy atom. The maximum Gasteiger partial charge on any atom is 0.309 e. The zero-order valence-corrected chi connectivity index (χ0v) is 22.1. The van der Waals surface area contributed by atoms with Crippen molar-refractivity contribution in [1.29, 1.82) is 0 Å². The molecule has 0 radical (unpaired) electrons. The number of rotatable bonds is 1. The van der Waals surface area contributed by atoms with Gasteiger partial charge in [-0.25, -0.2) is 0 Å². The van der Waals surface area contributed by atoms with E-state index in [0.717, 1.165) is 37.5 Å². The van der Waals surface area contributed by atoms with Crippen molar-refractivity contribution in [2.24, 2.45) is 62.6 Å². The Labute approximate surface area is 197 Å². The smallest absolute Gasteiger partial charge is 0.309 e. The molecule has 5 aliphatic rings. The molecule has 0 heterocycles. The van der Waals surface area contributed by atoms with Gasteiger partial charge in [0, 0.05) is 0 Å². The molecule has 0 aromatic heterocycles. The van der Waals surface area contributed by atoms with Crippen LogP contribution in [0, 0.1) is 62.6 Å². The maximum atomic E-state index is 12.8. The van der Waals surface area contributed by atoms with Gasteiger partial charge in [-0.05, 0) is 121 Å². The third kappa shape index (κ3) is 2.68. The van der Waals surface area contributed by atoms with Crippen molar-refractivity contribution < 1.29 is 9.90 Å². The van der Waals surface area contributed by atoms with Crippen LogP contribution < -0.4 is 0 Å². The fourth-order valence-corrected chi connectivity index (χ4v) is 11.8. The van der Waals surface area contributed by atoms with Gasteiger partial charge in [-0.2, -0.15) is 0 Å². The molecule has 0 spiro atoms. The van der Waals surface area contributed by atoms with E-state index in [1.54, 1.807) is 0 Å². The van der Waals surface area contributed by atoms with Crippen molar-refractivity contribution in [2.75, 3.05) is 0 Å². The molecule has 2 nitrogen and oxygen atoms in total. The molecule has 10 atom stereocenters. The van der Waals surface area contributed by atoms with Gasteiger partial charge < -0.3 is 5.11 Å². The highest BCUT2D eigenvalue weighted by molar-refractivity contribution is 5.75. The Balaban J connectivity index is 1.56. The number of hydrogen-bond acceptors (Lipinski definition) is 1. The average Bonchev–Trinajstić information content (AvgIpc) is 2.70. The van der Waals surface area contributed by atoms with Crippen molar-refractivity contribution >= 4 is 5.97 Å². The normalized spacial score (nSPS) is 56.8. The van der Waals surface area contributed by atoms with Gasteiger partial charge in [0.2, 0.25) is 0 Å². The van der Waals surface area contributed by atoms with Crippen LogP contribution in [0.5, 0.6) is 0 Å². The molecule has 0 aromatic rings. The number of fused-ring (bicyclic) bond motifs is 7. The Bertz CT molecular complexity index is 786. The average molecular weight is 443 g/mol. The van der Waals surface area contributed by atoms with Crippen LogP contribution in [-0.4, -0.2) is 11.1 Å². The second-order valence-electron chi connectivity index (χ2n) is 14.9. The molecule has 2 heteroatoms. The predicted molar refractivity (Wildman–Crippen MR) is 131 cm³/mol. The van der Waals surface area contributed by atoms with Gasteiger partial charge in [0.05, 0.1) is 5.41 Å². The molecular formula is C30H50O2. The Morgan fingerprint density at radius 3 is 2.16 bits per heavy atom. The van der Waals surface area contributed by atoms with E-state index in [2.05, 4.69) is 48.5 Å². The summed E-state index contributed by atoms with van der Waals surface area (Å²) >= 11 is 0. The van der Waals surface area contributed by atoms with Crippen LogP contribution in [0.2, 0.25) is 0 Å². The van der Waals surface area contributed by atoms with E-state index in [4.69, 9.17) is 0 Å². The van der Waals surface area contributed by atoms with Gasteiger partial charge >= 0.3 is 5.97 Å². The zero-order valence-electron chi connectivity index (χ0n) is 22.1. The summed E-state index contributed by atoms with van der Waals surface area (Å²) < 4.78 is 0. The molecule has 0 bridgehead atoms. The number of carboxylic acid groups (broad SMARTS) is 1. The number of carboxylic acids is 1. The SMILES string of the molecule is C[C@@H]1[C@H]2[C@H]3CC[C@@H]4[C@@]5(C)CCCC(C)(C)[C@@H]5CC[C@@]4(C)[C@]3(C)CC[C@@]2(C(=O)O)CC[C@H]1C. The van der Waals surface area contributed by atoms with E-state index < -0.39 is 11.4 Å². The minimum absolute atomic E-state index is 0.292. The summed E-state index contributed by atoms with van der Waals surface area (Å²) in [7, 11) is 0. The second kappa shape index (κ2) is 7.00. The van der Waals surface area contributed by atoms with Crippen LogP contribution >= 0.6 is 0 Å². The van der Waals surface area contributed by atoms with Gasteiger partial charge in [0.15, 0.2) is 0 Å². The van der Waals surface area contributed by atoms with Gasteiger partial charge in [-0.3, -0.25) is 4.79 Å². The molecule has 1 N–H and O–H groups in total. The molecule has 0 unspecified atom stereocenters. The summed E-state index contributed by atoms with van der Waals surface area (Å²) in [5.41, 5.74) is 1.15. The molecule has 5 aliphatic carbocycles. The second-order valence-corrected chi connectivity index (χ2v) is 14.9. The van der Waals surface area contributed by atoms with Crippen molar-refractivity contribution in [1.82, 2.24) is 0 Å². The number of carbonyl (C=O) groups is 1. The quantitative estimate of drug-likeness (QED) is 0.444. The van der Waals surface area contributed by atoms with E-state index in [-0.39, 0.29) is 0 Å². The maximum absolute atomic E-state index is 12.8. The largest absolute Gasteiger partial charge is 0.481 e. The minimum atomic E-state index is -0.472. The summed E-state index contributed by atoms with van der Waals surface area (Å²) in [6.07, 6.45) is 13.7. The molecule has 0 aromatic carbocycles. The third-order valence-electron chi connectivity index (χ3n) is 13.8. The summed E-state index contributed by atoms with van der Waals surface area (Å²) in [6.45, 7) is 17.9. The van der Waals surface area contributed by atoms with Gasteiger partial charge in [0.25, 0.3) is 0 Å². The topological polar surface area (TPSA) is 37.3 Å². The molecule has 32 heavy (non-hydrogen) atoms. The zero-order chi connectivity index (χ0) is 23.3. The molecule has 5 saturated carbocycles. The first-order chi connectivity index (χ1) is 14.8.